The lowest BCUT2D eigenvalue weighted by atomic mass is 10.2. The third-order valence-corrected chi connectivity index (χ3v) is 3.54. The maximum absolute atomic E-state index is 12.6. The molecule has 0 unspecified atom stereocenters. The number of nitro benzene ring substituents is 1. The number of ether oxygens (including phenoxy) is 1. The van der Waals surface area contributed by atoms with Gasteiger partial charge in [-0.05, 0) is 30.3 Å². The molecule has 2 rings (SSSR count). The van der Waals surface area contributed by atoms with Crippen molar-refractivity contribution < 1.29 is 28.0 Å². The average molecular weight is 395 g/mol. The van der Waals surface area contributed by atoms with Crippen LogP contribution < -0.4 is 4.74 Å². The first-order valence-electron chi connectivity index (χ1n) is 6.34. The second kappa shape index (κ2) is 7.16. The van der Waals surface area contributed by atoms with Gasteiger partial charge in [0.1, 0.15) is 11.5 Å². The van der Waals surface area contributed by atoms with Crippen molar-refractivity contribution in [1.82, 2.24) is 0 Å². The lowest BCUT2D eigenvalue weighted by molar-refractivity contribution is -0.385. The summed E-state index contributed by atoms with van der Waals surface area (Å²) in [5, 5.41) is 21.4. The molecule has 132 valence electrons. The van der Waals surface area contributed by atoms with E-state index in [0.717, 1.165) is 24.3 Å². The van der Waals surface area contributed by atoms with Crippen LogP contribution in [0.3, 0.4) is 0 Å². The Labute approximate surface area is 148 Å². The van der Waals surface area contributed by atoms with Gasteiger partial charge in [-0.15, -0.1) is 0 Å². The molecule has 11 heteroatoms. The number of rotatable bonds is 4. The van der Waals surface area contributed by atoms with Crippen LogP contribution in [0.15, 0.2) is 41.6 Å². The Morgan fingerprint density at radius 2 is 1.92 bits per heavy atom. The smallest absolute Gasteiger partial charge is 0.416 e. The van der Waals surface area contributed by atoms with Gasteiger partial charge in [0.25, 0.3) is 5.69 Å². The van der Waals surface area contributed by atoms with Crippen LogP contribution in [0.2, 0.25) is 5.02 Å². The number of hydrogen-bond donors (Lipinski definition) is 1. The second-order valence-corrected chi connectivity index (χ2v) is 5.34. The molecule has 2 aromatic carbocycles. The summed E-state index contributed by atoms with van der Waals surface area (Å²) in [6.07, 6.45) is -4.56. The number of hydrogen-bond acceptors (Lipinski definition) is 5. The first-order valence-corrected chi connectivity index (χ1v) is 7.10. The fourth-order valence-electron chi connectivity index (χ4n) is 1.84. The molecule has 0 aliphatic rings. The number of benzene rings is 2. The molecule has 0 spiro atoms. The molecule has 0 radical (unpaired) electrons. The summed E-state index contributed by atoms with van der Waals surface area (Å²) in [5.41, 5.74) is -1.65. The number of halogens is 5. The van der Waals surface area contributed by atoms with Crippen molar-refractivity contribution >= 4 is 34.1 Å². The molecule has 0 aliphatic heterocycles. The van der Waals surface area contributed by atoms with Gasteiger partial charge in [-0.2, -0.15) is 13.2 Å². The standard InChI is InChI=1S/C14H7Cl2F3N2O4/c15-10-5-7(14(17,18)19)1-4-12(10)25-8-2-3-11(21(23)24)9(6-8)13(16)20-22/h1-6,22H. The Kier molecular flexibility index (Phi) is 5.39. The average Bonchev–Trinajstić information content (AvgIpc) is 2.54. The summed E-state index contributed by atoms with van der Waals surface area (Å²) in [6, 6.07) is 5.79. The molecule has 2 aromatic rings. The summed E-state index contributed by atoms with van der Waals surface area (Å²) in [6.45, 7) is 0. The van der Waals surface area contributed by atoms with E-state index < -0.39 is 27.5 Å². The van der Waals surface area contributed by atoms with Crippen molar-refractivity contribution in [2.75, 3.05) is 0 Å². The van der Waals surface area contributed by atoms with E-state index >= 15 is 0 Å². The maximum Gasteiger partial charge on any atom is 0.416 e. The fourth-order valence-corrected chi connectivity index (χ4v) is 2.21. The van der Waals surface area contributed by atoms with Gasteiger partial charge in [0.2, 0.25) is 0 Å². The van der Waals surface area contributed by atoms with E-state index in [4.69, 9.17) is 33.1 Å². The molecule has 6 nitrogen and oxygen atoms in total. The summed E-state index contributed by atoms with van der Waals surface area (Å²) >= 11 is 11.4. The molecule has 0 saturated heterocycles. The minimum atomic E-state index is -4.56. The van der Waals surface area contributed by atoms with Crippen molar-refractivity contribution in [3.63, 3.8) is 0 Å². The highest BCUT2D eigenvalue weighted by Gasteiger charge is 2.31. The lowest BCUT2D eigenvalue weighted by Crippen LogP contribution is -2.04. The Morgan fingerprint density at radius 3 is 2.44 bits per heavy atom. The van der Waals surface area contributed by atoms with Crippen LogP contribution in [0.25, 0.3) is 0 Å². The maximum atomic E-state index is 12.6. The van der Waals surface area contributed by atoms with Gasteiger partial charge >= 0.3 is 6.18 Å². The van der Waals surface area contributed by atoms with Gasteiger partial charge in [-0.3, -0.25) is 10.1 Å². The highest BCUT2D eigenvalue weighted by atomic mass is 35.5. The Hall–Kier alpha value is -2.52. The van der Waals surface area contributed by atoms with E-state index in [9.17, 15) is 23.3 Å². The van der Waals surface area contributed by atoms with E-state index in [1.807, 2.05) is 0 Å². The summed E-state index contributed by atoms with van der Waals surface area (Å²) in [4.78, 5) is 10.2. The zero-order valence-corrected chi connectivity index (χ0v) is 13.4. The van der Waals surface area contributed by atoms with Crippen LogP contribution >= 0.6 is 23.2 Å². The Morgan fingerprint density at radius 1 is 1.24 bits per heavy atom. The van der Waals surface area contributed by atoms with Crippen molar-refractivity contribution in [2.24, 2.45) is 5.16 Å². The predicted molar refractivity (Wildman–Crippen MR) is 83.8 cm³/mol. The molecule has 0 aromatic heterocycles. The molecule has 0 bridgehead atoms. The molecule has 0 fully saturated rings. The van der Waals surface area contributed by atoms with Crippen LogP contribution in [0, 0.1) is 10.1 Å². The Balaban J connectivity index is 2.40. The second-order valence-electron chi connectivity index (χ2n) is 4.57. The molecule has 0 saturated carbocycles. The molecule has 1 N–H and O–H groups in total. The van der Waals surface area contributed by atoms with E-state index in [-0.39, 0.29) is 22.1 Å². The predicted octanol–water partition coefficient (Wildman–Crippen LogP) is 5.43. The van der Waals surface area contributed by atoms with Gasteiger partial charge < -0.3 is 9.94 Å². The van der Waals surface area contributed by atoms with Gasteiger partial charge in [-0.1, -0.05) is 28.4 Å². The number of alkyl halides is 3. The zero-order chi connectivity index (χ0) is 18.8. The molecular weight excluding hydrogens is 388 g/mol. The Bertz CT molecular complexity index is 856. The van der Waals surface area contributed by atoms with Crippen molar-refractivity contribution in [3.8, 4) is 11.5 Å². The quantitative estimate of drug-likeness (QED) is 0.324. The third-order valence-electron chi connectivity index (χ3n) is 2.96. The molecule has 0 atom stereocenters. The van der Waals surface area contributed by atoms with E-state index in [1.165, 1.54) is 6.07 Å². The fraction of sp³-hybridized carbons (Fsp3) is 0.0714. The van der Waals surface area contributed by atoms with Crippen LogP contribution in [0.4, 0.5) is 18.9 Å². The van der Waals surface area contributed by atoms with Gasteiger partial charge in [0, 0.05) is 6.07 Å². The number of nitro groups is 1. The minimum absolute atomic E-state index is 0.0101. The monoisotopic (exact) mass is 394 g/mol. The summed E-state index contributed by atoms with van der Waals surface area (Å²) < 4.78 is 43.2. The molecule has 0 heterocycles. The SMILES string of the molecule is O=[N+]([O-])c1ccc(Oc2ccc(C(F)(F)F)cc2Cl)cc1C(Cl)=NO. The van der Waals surface area contributed by atoms with Crippen LogP contribution in [0.5, 0.6) is 11.5 Å². The first kappa shape index (κ1) is 18.8. The van der Waals surface area contributed by atoms with Crippen LogP contribution in [-0.4, -0.2) is 15.3 Å². The first-order chi connectivity index (χ1) is 11.6. The topological polar surface area (TPSA) is 85.0 Å². The van der Waals surface area contributed by atoms with Gasteiger partial charge in [-0.25, -0.2) is 0 Å². The molecule has 0 amide bonds. The van der Waals surface area contributed by atoms with E-state index in [1.54, 1.807) is 0 Å². The zero-order valence-electron chi connectivity index (χ0n) is 11.9. The summed E-state index contributed by atoms with van der Waals surface area (Å²) in [5.74, 6) is -0.115. The number of oxime groups is 1. The number of nitrogens with zero attached hydrogens (tertiary/aromatic N) is 2. The highest BCUT2D eigenvalue weighted by molar-refractivity contribution is 6.70. The van der Waals surface area contributed by atoms with Gasteiger partial charge in [0.05, 0.1) is 21.1 Å². The largest absolute Gasteiger partial charge is 0.456 e. The molecule has 0 aliphatic carbocycles. The molecular formula is C14H7Cl2F3N2O4. The van der Waals surface area contributed by atoms with E-state index in [0.29, 0.717) is 6.07 Å². The van der Waals surface area contributed by atoms with Crippen LogP contribution in [0.1, 0.15) is 11.1 Å². The third kappa shape index (κ3) is 4.31. The van der Waals surface area contributed by atoms with Gasteiger partial charge in [0.15, 0.2) is 5.17 Å². The van der Waals surface area contributed by atoms with Crippen molar-refractivity contribution in [2.45, 2.75) is 6.18 Å². The van der Waals surface area contributed by atoms with Crippen LogP contribution in [-0.2, 0) is 6.18 Å². The highest BCUT2D eigenvalue weighted by Crippen LogP contribution is 2.37. The lowest BCUT2D eigenvalue weighted by Gasteiger charge is -2.11. The van der Waals surface area contributed by atoms with Crippen molar-refractivity contribution in [3.05, 3.63) is 62.7 Å². The summed E-state index contributed by atoms with van der Waals surface area (Å²) in [7, 11) is 0. The van der Waals surface area contributed by atoms with E-state index in [2.05, 4.69) is 5.16 Å². The molecule has 25 heavy (non-hydrogen) atoms. The normalized spacial score (nSPS) is 12.1. The minimum Gasteiger partial charge on any atom is -0.456 e. The van der Waals surface area contributed by atoms with Crippen molar-refractivity contribution in [1.29, 1.82) is 0 Å².